The highest BCUT2D eigenvalue weighted by Gasteiger charge is 2.61. The lowest BCUT2D eigenvalue weighted by Crippen LogP contribution is -2.59. The molecule has 1 amide bonds. The largest absolute Gasteiger partial charge is 0.506 e. The van der Waals surface area contributed by atoms with E-state index in [0.717, 1.165) is 19.1 Å². The molecule has 4 aliphatic carbocycles. The number of allylic oxidation sites excluding steroid dienone is 2. The molecule has 1 spiro atoms. The number of hydrogen-bond donors (Lipinski definition) is 4. The van der Waals surface area contributed by atoms with Crippen molar-refractivity contribution in [1.82, 2.24) is 0 Å². The van der Waals surface area contributed by atoms with Crippen LogP contribution in [0.5, 0.6) is 11.5 Å². The highest BCUT2D eigenvalue weighted by Crippen LogP contribution is 2.64. The van der Waals surface area contributed by atoms with Crippen molar-refractivity contribution in [2.24, 2.45) is 22.7 Å². The number of fused-ring (bicyclic) bond motifs is 2. The van der Waals surface area contributed by atoms with E-state index in [9.17, 15) is 29.7 Å². The maximum absolute atomic E-state index is 13.0. The molecule has 2 bridgehead atoms. The maximum atomic E-state index is 13.0. The first-order valence-corrected chi connectivity index (χ1v) is 11.1. The second kappa shape index (κ2) is 8.02. The van der Waals surface area contributed by atoms with Crippen LogP contribution in [0, 0.1) is 22.7 Å². The van der Waals surface area contributed by atoms with E-state index < -0.39 is 40.3 Å². The van der Waals surface area contributed by atoms with Crippen LogP contribution in [0.4, 0.5) is 5.69 Å². The average Bonchev–Trinajstić information content (AvgIpc) is 2.78. The number of amides is 1. The molecule has 8 nitrogen and oxygen atoms in total. The minimum atomic E-state index is -0.843. The number of hydrogen-bond acceptors (Lipinski definition) is 7. The predicted molar refractivity (Wildman–Crippen MR) is 120 cm³/mol. The summed E-state index contributed by atoms with van der Waals surface area (Å²) in [5.74, 6) is -2.35. The molecule has 4 aliphatic rings. The standard InChI is InChI=1S/C25H29NO7/c1-13-12-25-9-6-18(28)24(2,17(25)10-14(13)11-19(25)29)8-7-20(30)26-21-16(27)5-4-15(22(21)31)23(32)33-3/h4-6,9,14,17,19,27,29,31H,1,7-8,10-12H2,2-3H3,(H,26,30)/t14-,17+,19-,24+,25+/m1/s1. The molecule has 3 fully saturated rings. The van der Waals surface area contributed by atoms with Crippen LogP contribution in [0.3, 0.4) is 0 Å². The molecule has 1 aromatic carbocycles. The van der Waals surface area contributed by atoms with Crippen molar-refractivity contribution in [3.63, 3.8) is 0 Å². The molecule has 0 unspecified atom stereocenters. The van der Waals surface area contributed by atoms with Gasteiger partial charge in [-0.2, -0.15) is 0 Å². The van der Waals surface area contributed by atoms with Crippen LogP contribution in [-0.4, -0.2) is 46.2 Å². The zero-order valence-electron chi connectivity index (χ0n) is 18.8. The number of rotatable bonds is 5. The summed E-state index contributed by atoms with van der Waals surface area (Å²) >= 11 is 0. The first-order valence-electron chi connectivity index (χ1n) is 11.1. The maximum Gasteiger partial charge on any atom is 0.341 e. The SMILES string of the molecule is C=C1C[C@@]23C=CC(=O)[C@@](C)(CCC(=O)Nc4c(O)ccc(C(=O)OC)c4O)[C@@H]2C[C@@H]1C[C@H]3O. The Kier molecular flexibility index (Phi) is 5.60. The monoisotopic (exact) mass is 455 g/mol. The lowest BCUT2D eigenvalue weighted by atomic mass is 9.43. The smallest absolute Gasteiger partial charge is 0.341 e. The van der Waals surface area contributed by atoms with Gasteiger partial charge in [0.15, 0.2) is 11.5 Å². The third-order valence-electron chi connectivity index (χ3n) is 7.98. The van der Waals surface area contributed by atoms with Crippen LogP contribution in [0.15, 0.2) is 36.4 Å². The Bertz CT molecular complexity index is 1080. The summed E-state index contributed by atoms with van der Waals surface area (Å²) in [7, 11) is 1.15. The van der Waals surface area contributed by atoms with Crippen molar-refractivity contribution in [1.29, 1.82) is 0 Å². The van der Waals surface area contributed by atoms with Gasteiger partial charge < -0.3 is 25.4 Å². The van der Waals surface area contributed by atoms with E-state index in [4.69, 9.17) is 0 Å². The number of carbonyl (C=O) groups is 3. The second-order valence-electron chi connectivity index (χ2n) is 9.69. The molecule has 33 heavy (non-hydrogen) atoms. The van der Waals surface area contributed by atoms with Gasteiger partial charge >= 0.3 is 5.97 Å². The van der Waals surface area contributed by atoms with E-state index in [1.165, 1.54) is 18.2 Å². The average molecular weight is 456 g/mol. The van der Waals surface area contributed by atoms with Gasteiger partial charge in [0.25, 0.3) is 0 Å². The van der Waals surface area contributed by atoms with Gasteiger partial charge in [-0.05, 0) is 55.7 Å². The van der Waals surface area contributed by atoms with Gasteiger partial charge in [0.2, 0.25) is 5.91 Å². The number of aliphatic hydroxyl groups is 1. The number of carbonyl (C=O) groups excluding carboxylic acids is 3. The summed E-state index contributed by atoms with van der Waals surface area (Å²) in [5.41, 5.74) is -0.768. The summed E-state index contributed by atoms with van der Waals surface area (Å²) in [6.07, 6.45) is 5.03. The number of aromatic hydroxyl groups is 2. The number of esters is 1. The Morgan fingerprint density at radius 3 is 2.70 bits per heavy atom. The zero-order valence-corrected chi connectivity index (χ0v) is 18.8. The minimum Gasteiger partial charge on any atom is -0.506 e. The quantitative estimate of drug-likeness (QED) is 0.305. The molecule has 0 saturated heterocycles. The lowest BCUT2D eigenvalue weighted by molar-refractivity contribution is -0.148. The van der Waals surface area contributed by atoms with E-state index in [1.807, 2.05) is 13.0 Å². The zero-order chi connectivity index (χ0) is 24.1. The molecule has 5 rings (SSSR count). The van der Waals surface area contributed by atoms with Crippen LogP contribution < -0.4 is 5.32 Å². The molecule has 3 saturated carbocycles. The van der Waals surface area contributed by atoms with Gasteiger partial charge in [-0.1, -0.05) is 25.2 Å². The highest BCUT2D eigenvalue weighted by atomic mass is 16.5. The van der Waals surface area contributed by atoms with E-state index >= 15 is 0 Å². The van der Waals surface area contributed by atoms with Crippen LogP contribution in [0.25, 0.3) is 0 Å². The van der Waals surface area contributed by atoms with Crippen molar-refractivity contribution >= 4 is 23.3 Å². The molecule has 0 radical (unpaired) electrons. The van der Waals surface area contributed by atoms with Gasteiger partial charge in [0.05, 0.1) is 13.2 Å². The van der Waals surface area contributed by atoms with E-state index in [0.29, 0.717) is 12.8 Å². The molecule has 4 N–H and O–H groups in total. The summed E-state index contributed by atoms with van der Waals surface area (Å²) in [6, 6.07) is 2.37. The van der Waals surface area contributed by atoms with Crippen molar-refractivity contribution < 1.29 is 34.4 Å². The third kappa shape index (κ3) is 3.53. The first-order chi connectivity index (χ1) is 15.5. The fraction of sp³-hybridized carbons (Fsp3) is 0.480. The number of phenolic OH excluding ortho intramolecular Hbond substituents is 2. The van der Waals surface area contributed by atoms with Crippen molar-refractivity contribution in [2.45, 2.75) is 45.1 Å². The van der Waals surface area contributed by atoms with Crippen LogP contribution in [0.1, 0.15) is 49.4 Å². The van der Waals surface area contributed by atoms with Crippen molar-refractivity contribution in [3.05, 3.63) is 42.0 Å². The second-order valence-corrected chi connectivity index (χ2v) is 9.69. The van der Waals surface area contributed by atoms with Gasteiger partial charge in [0.1, 0.15) is 17.0 Å². The fourth-order valence-corrected chi connectivity index (χ4v) is 6.02. The molecule has 0 aromatic heterocycles. The fourth-order valence-electron chi connectivity index (χ4n) is 6.02. The molecule has 0 aliphatic heterocycles. The Balaban J connectivity index is 1.53. The van der Waals surface area contributed by atoms with Crippen LogP contribution in [0.2, 0.25) is 0 Å². The third-order valence-corrected chi connectivity index (χ3v) is 7.98. The Labute approximate surface area is 191 Å². The number of methoxy groups -OCH3 is 1. The van der Waals surface area contributed by atoms with Gasteiger partial charge in [-0.15, -0.1) is 0 Å². The molecule has 0 heterocycles. The summed E-state index contributed by atoms with van der Waals surface area (Å²) in [5, 5.41) is 33.7. The van der Waals surface area contributed by atoms with Gasteiger partial charge in [-0.25, -0.2) is 4.79 Å². The van der Waals surface area contributed by atoms with E-state index in [-0.39, 0.29) is 41.7 Å². The molecule has 1 aromatic rings. The lowest BCUT2D eigenvalue weighted by Gasteiger charge is -2.61. The number of phenols is 2. The normalized spacial score (nSPS) is 32.4. The minimum absolute atomic E-state index is 0.0499. The highest BCUT2D eigenvalue weighted by molar-refractivity contribution is 6.01. The molecule has 5 atom stereocenters. The van der Waals surface area contributed by atoms with E-state index in [1.54, 1.807) is 0 Å². The molecule has 176 valence electrons. The van der Waals surface area contributed by atoms with Gasteiger partial charge in [0, 0.05) is 17.3 Å². The molecule has 8 heteroatoms. The predicted octanol–water partition coefficient (Wildman–Crippen LogP) is 3.08. The van der Waals surface area contributed by atoms with Crippen LogP contribution in [-0.2, 0) is 14.3 Å². The Morgan fingerprint density at radius 1 is 1.27 bits per heavy atom. The number of benzene rings is 1. The summed E-state index contributed by atoms with van der Waals surface area (Å²) < 4.78 is 4.60. The Hall–Kier alpha value is -3.13. The number of nitrogens with one attached hydrogen (secondary N) is 1. The first kappa shape index (κ1) is 23.0. The topological polar surface area (TPSA) is 133 Å². The van der Waals surface area contributed by atoms with E-state index in [2.05, 4.69) is 16.6 Å². The number of ketones is 1. The van der Waals surface area contributed by atoms with Crippen molar-refractivity contribution in [2.75, 3.05) is 12.4 Å². The molecular formula is C25H29NO7. The summed E-state index contributed by atoms with van der Waals surface area (Å²) in [4.78, 5) is 37.6. The number of aliphatic hydroxyl groups excluding tert-OH is 1. The number of anilines is 1. The van der Waals surface area contributed by atoms with Crippen LogP contribution >= 0.6 is 0 Å². The van der Waals surface area contributed by atoms with Gasteiger partial charge in [-0.3, -0.25) is 9.59 Å². The Morgan fingerprint density at radius 2 is 2.00 bits per heavy atom. The number of ether oxygens (including phenoxy) is 1. The van der Waals surface area contributed by atoms with Crippen molar-refractivity contribution in [3.8, 4) is 11.5 Å². The molecular weight excluding hydrogens is 426 g/mol. The summed E-state index contributed by atoms with van der Waals surface area (Å²) in [6.45, 7) is 6.02.